The molecule has 0 spiro atoms. The van der Waals surface area contributed by atoms with Gasteiger partial charge in [-0.25, -0.2) is 0 Å². The second-order valence-electron chi connectivity index (χ2n) is 4.71. The number of aryl methyl sites for hydroxylation is 1. The van der Waals surface area contributed by atoms with E-state index in [1.54, 1.807) is 30.0 Å². The van der Waals surface area contributed by atoms with Crippen LogP contribution in [-0.4, -0.2) is 34.0 Å². The monoisotopic (exact) mass is 355 g/mol. The normalized spacial score (nSPS) is 15.2. The maximum absolute atomic E-state index is 12.3. The molecule has 104 valence electrons. The van der Waals surface area contributed by atoms with Crippen LogP contribution in [-0.2, 0) is 0 Å². The second kappa shape index (κ2) is 5.18. The van der Waals surface area contributed by atoms with Crippen molar-refractivity contribution >= 4 is 33.4 Å². The van der Waals surface area contributed by atoms with Crippen molar-refractivity contribution in [3.8, 4) is 0 Å². The predicted octanol–water partition coefficient (Wildman–Crippen LogP) is 3.03. The first kappa shape index (κ1) is 13.6. The number of carbonyl (C=O) groups is 1. The largest absolute Gasteiger partial charge is 0.339 e. The lowest BCUT2D eigenvalue weighted by molar-refractivity contribution is 0.0569. The highest BCUT2D eigenvalue weighted by Gasteiger charge is 2.36. The lowest BCUT2D eigenvalue weighted by Crippen LogP contribution is -2.48. The van der Waals surface area contributed by atoms with Crippen LogP contribution in [0.1, 0.15) is 28.0 Å². The number of hydrogen-bond acceptors (Lipinski definition) is 4. The molecular weight excluding hydrogens is 346 g/mol. The zero-order valence-corrected chi connectivity index (χ0v) is 13.0. The van der Waals surface area contributed by atoms with Gasteiger partial charge in [-0.05, 0) is 25.1 Å². The van der Waals surface area contributed by atoms with E-state index in [0.29, 0.717) is 35.4 Å². The number of amides is 1. The Bertz CT molecular complexity index is 667. The Kier molecular flexibility index (Phi) is 3.52. The molecule has 0 saturated carbocycles. The maximum atomic E-state index is 12.3. The van der Waals surface area contributed by atoms with Gasteiger partial charge >= 0.3 is 0 Å². The third kappa shape index (κ3) is 2.45. The highest BCUT2D eigenvalue weighted by Crippen LogP contribution is 2.29. The van der Waals surface area contributed by atoms with E-state index in [1.807, 2.05) is 0 Å². The molecule has 1 aromatic heterocycles. The fourth-order valence-electron chi connectivity index (χ4n) is 2.11. The molecule has 5 nitrogen and oxygen atoms in total. The van der Waals surface area contributed by atoms with Crippen molar-refractivity contribution in [1.29, 1.82) is 0 Å². The summed E-state index contributed by atoms with van der Waals surface area (Å²) in [5.74, 6) is 1.24. The minimum Gasteiger partial charge on any atom is -0.339 e. The fraction of sp³-hybridized carbons (Fsp3) is 0.308. The van der Waals surface area contributed by atoms with Crippen molar-refractivity contribution in [2.45, 2.75) is 12.8 Å². The molecule has 1 aromatic carbocycles. The van der Waals surface area contributed by atoms with Crippen LogP contribution in [0.3, 0.4) is 0 Å². The first-order valence-electron chi connectivity index (χ1n) is 6.09. The standard InChI is InChI=1S/C13H11BrClN3O2/c1-7-16-12(20-17-7)8-5-18(6-8)13(19)10-4-9(14)2-3-11(10)15/h2-4,8H,5-6H2,1H3. The summed E-state index contributed by atoms with van der Waals surface area (Å²) in [5, 5.41) is 4.21. The third-order valence-electron chi connectivity index (χ3n) is 3.22. The van der Waals surface area contributed by atoms with Crippen molar-refractivity contribution in [1.82, 2.24) is 15.0 Å². The number of halogens is 2. The number of hydrogen-bond donors (Lipinski definition) is 0. The van der Waals surface area contributed by atoms with Crippen LogP contribution in [0.5, 0.6) is 0 Å². The minimum atomic E-state index is -0.0798. The molecule has 7 heteroatoms. The van der Waals surface area contributed by atoms with Crippen LogP contribution >= 0.6 is 27.5 Å². The van der Waals surface area contributed by atoms with Crippen LogP contribution in [0, 0.1) is 6.92 Å². The molecule has 1 aliphatic heterocycles. The number of aromatic nitrogens is 2. The van der Waals surface area contributed by atoms with E-state index in [2.05, 4.69) is 26.1 Å². The Labute approximate surface area is 129 Å². The van der Waals surface area contributed by atoms with Crippen molar-refractivity contribution in [3.05, 3.63) is 45.0 Å². The molecule has 1 saturated heterocycles. The summed E-state index contributed by atoms with van der Waals surface area (Å²) in [4.78, 5) is 18.2. The molecule has 3 rings (SSSR count). The Morgan fingerprint density at radius 1 is 1.50 bits per heavy atom. The molecule has 0 radical (unpaired) electrons. The molecule has 2 aromatic rings. The highest BCUT2D eigenvalue weighted by atomic mass is 79.9. The lowest BCUT2D eigenvalue weighted by Gasteiger charge is -2.37. The summed E-state index contributed by atoms with van der Waals surface area (Å²) in [5.41, 5.74) is 0.501. The molecule has 20 heavy (non-hydrogen) atoms. The quantitative estimate of drug-likeness (QED) is 0.830. The zero-order valence-electron chi connectivity index (χ0n) is 10.6. The molecule has 0 bridgehead atoms. The summed E-state index contributed by atoms with van der Waals surface area (Å²) in [6.07, 6.45) is 0. The number of rotatable bonds is 2. The number of likely N-dealkylation sites (tertiary alicyclic amines) is 1. The summed E-state index contributed by atoms with van der Waals surface area (Å²) in [6, 6.07) is 5.24. The van der Waals surface area contributed by atoms with Gasteiger partial charge < -0.3 is 9.42 Å². The fourth-order valence-corrected chi connectivity index (χ4v) is 2.67. The van der Waals surface area contributed by atoms with Crippen molar-refractivity contribution in [2.75, 3.05) is 13.1 Å². The molecular formula is C13H11BrClN3O2. The first-order chi connectivity index (χ1) is 9.54. The third-order valence-corrected chi connectivity index (χ3v) is 4.04. The summed E-state index contributed by atoms with van der Waals surface area (Å²) in [7, 11) is 0. The van der Waals surface area contributed by atoms with Gasteiger partial charge in [0.05, 0.1) is 16.5 Å². The summed E-state index contributed by atoms with van der Waals surface area (Å²) < 4.78 is 5.94. The SMILES string of the molecule is Cc1noc(C2CN(C(=O)c3cc(Br)ccc3Cl)C2)n1. The van der Waals surface area contributed by atoms with Gasteiger partial charge in [0.2, 0.25) is 5.89 Å². The summed E-state index contributed by atoms with van der Waals surface area (Å²) >= 11 is 9.41. The number of nitrogens with zero attached hydrogens (tertiary/aromatic N) is 3. The molecule has 0 unspecified atom stereocenters. The Hall–Kier alpha value is -1.40. The number of benzene rings is 1. The molecule has 0 N–H and O–H groups in total. The Morgan fingerprint density at radius 3 is 2.90 bits per heavy atom. The van der Waals surface area contributed by atoms with Gasteiger partial charge in [-0.15, -0.1) is 0 Å². The van der Waals surface area contributed by atoms with Crippen LogP contribution in [0.4, 0.5) is 0 Å². The van der Waals surface area contributed by atoms with Crippen LogP contribution in [0.15, 0.2) is 27.2 Å². The highest BCUT2D eigenvalue weighted by molar-refractivity contribution is 9.10. The Morgan fingerprint density at radius 2 is 2.25 bits per heavy atom. The van der Waals surface area contributed by atoms with Gasteiger partial charge in [0, 0.05) is 17.6 Å². The average molecular weight is 357 g/mol. The van der Waals surface area contributed by atoms with E-state index in [1.165, 1.54) is 0 Å². The van der Waals surface area contributed by atoms with Crippen molar-refractivity contribution < 1.29 is 9.32 Å². The van der Waals surface area contributed by atoms with Crippen LogP contribution in [0.25, 0.3) is 0 Å². The lowest BCUT2D eigenvalue weighted by atomic mass is 9.99. The first-order valence-corrected chi connectivity index (χ1v) is 7.26. The molecule has 2 heterocycles. The predicted molar refractivity (Wildman–Crippen MR) is 76.8 cm³/mol. The van der Waals surface area contributed by atoms with Gasteiger partial charge in [-0.3, -0.25) is 4.79 Å². The van der Waals surface area contributed by atoms with Gasteiger partial charge in [0.15, 0.2) is 5.82 Å². The second-order valence-corrected chi connectivity index (χ2v) is 6.03. The smallest absolute Gasteiger partial charge is 0.255 e. The number of carbonyl (C=O) groups excluding carboxylic acids is 1. The van der Waals surface area contributed by atoms with Gasteiger partial charge in [-0.1, -0.05) is 32.7 Å². The van der Waals surface area contributed by atoms with Gasteiger partial charge in [0.1, 0.15) is 0 Å². The van der Waals surface area contributed by atoms with Crippen molar-refractivity contribution in [2.24, 2.45) is 0 Å². The van der Waals surface area contributed by atoms with Gasteiger partial charge in [-0.2, -0.15) is 4.98 Å². The van der Waals surface area contributed by atoms with E-state index in [0.717, 1.165) is 4.47 Å². The molecule has 1 amide bonds. The van der Waals surface area contributed by atoms with Gasteiger partial charge in [0.25, 0.3) is 5.91 Å². The van der Waals surface area contributed by atoms with E-state index >= 15 is 0 Å². The van der Waals surface area contributed by atoms with E-state index in [-0.39, 0.29) is 11.8 Å². The Balaban J connectivity index is 1.70. The molecule has 1 fully saturated rings. The summed E-state index contributed by atoms with van der Waals surface area (Å²) in [6.45, 7) is 2.92. The molecule has 0 aliphatic carbocycles. The average Bonchev–Trinajstić information content (AvgIpc) is 2.77. The van der Waals surface area contributed by atoms with Crippen LogP contribution in [0.2, 0.25) is 5.02 Å². The maximum Gasteiger partial charge on any atom is 0.255 e. The topological polar surface area (TPSA) is 59.2 Å². The van der Waals surface area contributed by atoms with E-state index in [9.17, 15) is 4.79 Å². The van der Waals surface area contributed by atoms with Crippen molar-refractivity contribution in [3.63, 3.8) is 0 Å². The van der Waals surface area contributed by atoms with E-state index < -0.39 is 0 Å². The van der Waals surface area contributed by atoms with E-state index in [4.69, 9.17) is 16.1 Å². The molecule has 1 aliphatic rings. The van der Waals surface area contributed by atoms with Crippen LogP contribution < -0.4 is 0 Å². The zero-order chi connectivity index (χ0) is 14.3. The minimum absolute atomic E-state index is 0.0798. The molecule has 0 atom stereocenters.